The molecule has 38 heavy (non-hydrogen) atoms. The third-order valence-corrected chi connectivity index (χ3v) is 7.32. The quantitative estimate of drug-likeness (QED) is 0.514. The van der Waals surface area contributed by atoms with E-state index in [1.165, 1.54) is 12.1 Å². The summed E-state index contributed by atoms with van der Waals surface area (Å²) in [6.07, 6.45) is 0.654. The second-order valence-electron chi connectivity index (χ2n) is 9.84. The van der Waals surface area contributed by atoms with Crippen LogP contribution >= 0.6 is 0 Å². The second kappa shape index (κ2) is 10.8. The Hall–Kier alpha value is -3.95. The Labute approximate surface area is 218 Å². The monoisotopic (exact) mass is 523 g/mol. The summed E-state index contributed by atoms with van der Waals surface area (Å²) in [5.41, 5.74) is 2.74. The van der Waals surface area contributed by atoms with Crippen LogP contribution in [0.4, 0.5) is 24.5 Å². The molecule has 0 bridgehead atoms. The van der Waals surface area contributed by atoms with Gasteiger partial charge in [-0.3, -0.25) is 9.59 Å². The van der Waals surface area contributed by atoms with Gasteiger partial charge in [-0.15, -0.1) is 0 Å². The average Bonchev–Trinajstić information content (AvgIpc) is 2.89. The predicted molar refractivity (Wildman–Crippen MR) is 137 cm³/mol. The smallest absolute Gasteiger partial charge is 0.368 e. The SMILES string of the molecule is O=C(Nc1ccc(C2CCN(C(=O)Cc3ccc(C(F)(F)F)cc3)CC2)cc1)C1CN(c2ccnnc2)C1. The van der Waals surface area contributed by atoms with E-state index in [2.05, 4.69) is 20.4 Å². The fourth-order valence-electron chi connectivity index (χ4n) is 4.97. The van der Waals surface area contributed by atoms with Gasteiger partial charge in [0.15, 0.2) is 0 Å². The molecular formula is C28H28F3N5O2. The Morgan fingerprint density at radius 2 is 1.61 bits per heavy atom. The Morgan fingerprint density at radius 1 is 0.921 bits per heavy atom. The zero-order chi connectivity index (χ0) is 26.7. The third kappa shape index (κ3) is 5.95. The first-order chi connectivity index (χ1) is 18.3. The first-order valence-electron chi connectivity index (χ1n) is 12.6. The van der Waals surface area contributed by atoms with Gasteiger partial charge in [0.1, 0.15) is 0 Å². The minimum atomic E-state index is -4.38. The van der Waals surface area contributed by atoms with Gasteiger partial charge in [0.25, 0.3) is 0 Å². The molecule has 3 aromatic rings. The molecule has 0 radical (unpaired) electrons. The number of hydrogen-bond acceptors (Lipinski definition) is 5. The van der Waals surface area contributed by atoms with Gasteiger partial charge >= 0.3 is 6.18 Å². The van der Waals surface area contributed by atoms with Crippen LogP contribution in [-0.2, 0) is 22.2 Å². The highest BCUT2D eigenvalue weighted by Gasteiger charge is 2.33. The predicted octanol–water partition coefficient (Wildman–Crippen LogP) is 4.52. The molecule has 2 amide bonds. The Balaban J connectivity index is 1.07. The standard InChI is InChI=1S/C28H28F3N5O2/c29-28(30,31)23-5-1-19(2-6-23)15-26(37)35-13-10-21(11-14-35)20-3-7-24(8-4-20)34-27(38)22-17-36(18-22)25-9-12-32-33-16-25/h1-9,12,16,21-22H,10-11,13-15,17-18H2,(H,34,38). The molecule has 0 unspecified atom stereocenters. The van der Waals surface area contributed by atoms with Gasteiger partial charge in [0, 0.05) is 31.9 Å². The van der Waals surface area contributed by atoms with Crippen LogP contribution in [0.15, 0.2) is 67.0 Å². The topological polar surface area (TPSA) is 78.4 Å². The van der Waals surface area contributed by atoms with E-state index in [-0.39, 0.29) is 24.2 Å². The molecule has 0 aliphatic carbocycles. The molecule has 2 aliphatic heterocycles. The van der Waals surface area contributed by atoms with Crippen LogP contribution in [-0.4, -0.2) is 53.1 Å². The minimum absolute atomic E-state index is 0.00381. The molecule has 5 rings (SSSR count). The molecule has 0 spiro atoms. The molecule has 2 saturated heterocycles. The number of likely N-dealkylation sites (tertiary alicyclic amines) is 1. The fourth-order valence-corrected chi connectivity index (χ4v) is 4.97. The summed E-state index contributed by atoms with van der Waals surface area (Å²) in [7, 11) is 0. The minimum Gasteiger partial charge on any atom is -0.368 e. The lowest BCUT2D eigenvalue weighted by Gasteiger charge is -2.39. The van der Waals surface area contributed by atoms with Gasteiger partial charge in [-0.1, -0.05) is 24.3 Å². The van der Waals surface area contributed by atoms with E-state index < -0.39 is 11.7 Å². The largest absolute Gasteiger partial charge is 0.416 e. The van der Waals surface area contributed by atoms with Gasteiger partial charge in [-0.2, -0.15) is 23.4 Å². The number of anilines is 2. The van der Waals surface area contributed by atoms with Gasteiger partial charge in [-0.05, 0) is 60.2 Å². The molecular weight excluding hydrogens is 495 g/mol. The van der Waals surface area contributed by atoms with E-state index in [0.717, 1.165) is 41.9 Å². The Bertz CT molecular complexity index is 1250. The first kappa shape index (κ1) is 25.7. The summed E-state index contributed by atoms with van der Waals surface area (Å²) in [6.45, 7) is 2.50. The molecule has 1 aromatic heterocycles. The van der Waals surface area contributed by atoms with Crippen LogP contribution in [0.1, 0.15) is 35.4 Å². The normalized spacial score (nSPS) is 16.7. The van der Waals surface area contributed by atoms with E-state index in [1.807, 2.05) is 30.3 Å². The van der Waals surface area contributed by atoms with Crippen LogP contribution in [0.5, 0.6) is 0 Å². The molecule has 0 saturated carbocycles. The van der Waals surface area contributed by atoms with Crippen molar-refractivity contribution in [3.8, 4) is 0 Å². The van der Waals surface area contributed by atoms with Crippen LogP contribution in [0.2, 0.25) is 0 Å². The number of halogens is 3. The van der Waals surface area contributed by atoms with Crippen molar-refractivity contribution in [2.75, 3.05) is 36.4 Å². The lowest BCUT2D eigenvalue weighted by Crippen LogP contribution is -2.52. The van der Waals surface area contributed by atoms with Gasteiger partial charge in [0.05, 0.1) is 36.0 Å². The average molecular weight is 524 g/mol. The van der Waals surface area contributed by atoms with Crippen molar-refractivity contribution < 1.29 is 22.8 Å². The maximum Gasteiger partial charge on any atom is 0.416 e. The van der Waals surface area contributed by atoms with Crippen molar-refractivity contribution in [1.29, 1.82) is 0 Å². The van der Waals surface area contributed by atoms with Crippen molar-refractivity contribution >= 4 is 23.2 Å². The van der Waals surface area contributed by atoms with Gasteiger partial charge in [-0.25, -0.2) is 0 Å². The van der Waals surface area contributed by atoms with Gasteiger partial charge in [0.2, 0.25) is 11.8 Å². The zero-order valence-electron chi connectivity index (χ0n) is 20.7. The lowest BCUT2D eigenvalue weighted by molar-refractivity contribution is -0.137. The van der Waals surface area contributed by atoms with E-state index in [9.17, 15) is 22.8 Å². The lowest BCUT2D eigenvalue weighted by atomic mass is 9.89. The number of benzene rings is 2. The van der Waals surface area contributed by atoms with E-state index in [4.69, 9.17) is 0 Å². The summed E-state index contributed by atoms with van der Waals surface area (Å²) in [6, 6.07) is 14.5. The van der Waals surface area contributed by atoms with Crippen LogP contribution in [0.25, 0.3) is 0 Å². The molecule has 0 atom stereocenters. The fraction of sp³-hybridized carbons (Fsp3) is 0.357. The molecule has 7 nitrogen and oxygen atoms in total. The number of nitrogens with one attached hydrogen (secondary N) is 1. The second-order valence-corrected chi connectivity index (χ2v) is 9.84. The van der Waals surface area contributed by atoms with Crippen molar-refractivity contribution in [2.24, 2.45) is 5.92 Å². The zero-order valence-corrected chi connectivity index (χ0v) is 20.7. The number of amides is 2. The maximum absolute atomic E-state index is 12.7. The number of carbonyl (C=O) groups excluding carboxylic acids is 2. The molecule has 10 heteroatoms. The summed E-state index contributed by atoms with van der Waals surface area (Å²) < 4.78 is 38.2. The number of nitrogens with zero attached hydrogens (tertiary/aromatic N) is 4. The van der Waals surface area contributed by atoms with Crippen molar-refractivity contribution in [2.45, 2.75) is 31.4 Å². The highest BCUT2D eigenvalue weighted by atomic mass is 19.4. The van der Waals surface area contributed by atoms with Crippen LogP contribution < -0.4 is 10.2 Å². The number of carbonyl (C=O) groups is 2. The molecule has 2 aromatic carbocycles. The number of hydrogen-bond donors (Lipinski definition) is 1. The molecule has 2 fully saturated rings. The van der Waals surface area contributed by atoms with Crippen LogP contribution in [0, 0.1) is 5.92 Å². The van der Waals surface area contributed by atoms with E-state index in [0.29, 0.717) is 37.7 Å². The maximum atomic E-state index is 12.7. The van der Waals surface area contributed by atoms with Crippen molar-refractivity contribution in [1.82, 2.24) is 15.1 Å². The first-order valence-corrected chi connectivity index (χ1v) is 12.6. The van der Waals surface area contributed by atoms with E-state index >= 15 is 0 Å². The highest BCUT2D eigenvalue weighted by molar-refractivity contribution is 5.94. The van der Waals surface area contributed by atoms with Gasteiger partial charge < -0.3 is 15.1 Å². The highest BCUT2D eigenvalue weighted by Crippen LogP contribution is 2.31. The third-order valence-electron chi connectivity index (χ3n) is 7.32. The Kier molecular flexibility index (Phi) is 7.31. The summed E-state index contributed by atoms with van der Waals surface area (Å²) >= 11 is 0. The summed E-state index contributed by atoms with van der Waals surface area (Å²) in [5.74, 6) is 0.156. The molecule has 198 valence electrons. The number of piperidine rings is 1. The number of aromatic nitrogens is 2. The van der Waals surface area contributed by atoms with Crippen molar-refractivity contribution in [3.05, 3.63) is 83.7 Å². The molecule has 2 aliphatic rings. The summed E-state index contributed by atoms with van der Waals surface area (Å²) in [5, 5.41) is 10.6. The number of rotatable bonds is 6. The van der Waals surface area contributed by atoms with Crippen LogP contribution in [0.3, 0.4) is 0 Å². The van der Waals surface area contributed by atoms with E-state index in [1.54, 1.807) is 17.3 Å². The summed E-state index contributed by atoms with van der Waals surface area (Å²) in [4.78, 5) is 29.1. The van der Waals surface area contributed by atoms with Crippen molar-refractivity contribution in [3.63, 3.8) is 0 Å². The molecule has 1 N–H and O–H groups in total. The number of alkyl halides is 3. The molecule has 3 heterocycles. The Morgan fingerprint density at radius 3 is 2.21 bits per heavy atom.